The van der Waals surface area contributed by atoms with E-state index >= 15 is 0 Å². The lowest BCUT2D eigenvalue weighted by atomic mass is 10.1. The lowest BCUT2D eigenvalue weighted by Gasteiger charge is -2.09. The normalized spacial score (nSPS) is 10.3. The van der Waals surface area contributed by atoms with Crippen LogP contribution in [-0.4, -0.2) is 24.0 Å². The predicted octanol–water partition coefficient (Wildman–Crippen LogP) is 3.50. The summed E-state index contributed by atoms with van der Waals surface area (Å²) in [7, 11) is 0. The van der Waals surface area contributed by atoms with Crippen molar-refractivity contribution in [3.63, 3.8) is 0 Å². The van der Waals surface area contributed by atoms with Crippen LogP contribution in [0.4, 0.5) is 10.1 Å². The Balaban J connectivity index is 1.94. The molecule has 0 spiro atoms. The molecule has 0 saturated heterocycles. The van der Waals surface area contributed by atoms with E-state index in [1.54, 1.807) is 24.3 Å². The van der Waals surface area contributed by atoms with Gasteiger partial charge in [-0.25, -0.2) is 4.39 Å². The van der Waals surface area contributed by atoms with E-state index in [9.17, 15) is 19.3 Å². The molecule has 0 atom stereocenters. The maximum Gasteiger partial charge on any atom is 0.276 e. The van der Waals surface area contributed by atoms with Gasteiger partial charge >= 0.3 is 0 Å². The summed E-state index contributed by atoms with van der Waals surface area (Å²) in [6, 6.07) is 8.79. The number of rotatable bonds is 6. The number of benzene rings is 2. The van der Waals surface area contributed by atoms with Gasteiger partial charge in [-0.05, 0) is 31.2 Å². The van der Waals surface area contributed by atoms with Crippen molar-refractivity contribution in [2.75, 3.05) is 13.2 Å². The number of hydrogen-bond donors (Lipinski definition) is 1. The highest BCUT2D eigenvalue weighted by Gasteiger charge is 2.19. The third-order valence-corrected chi connectivity index (χ3v) is 3.46. The van der Waals surface area contributed by atoms with E-state index in [1.807, 2.05) is 0 Å². The number of carbonyl (C=O) groups excluding carboxylic acids is 1. The fourth-order valence-corrected chi connectivity index (χ4v) is 2.16. The van der Waals surface area contributed by atoms with E-state index in [-0.39, 0.29) is 24.3 Å². The molecule has 6 nitrogen and oxygen atoms in total. The molecule has 0 bridgehead atoms. The number of nitrogens with zero attached hydrogens (tertiary/aromatic N) is 1. The van der Waals surface area contributed by atoms with Crippen molar-refractivity contribution in [1.82, 2.24) is 5.32 Å². The molecule has 2 rings (SSSR count). The molecule has 0 aromatic heterocycles. The molecule has 0 aliphatic heterocycles. The molecule has 2 aromatic rings. The topological polar surface area (TPSA) is 81.5 Å². The Bertz CT molecular complexity index is 783. The largest absolute Gasteiger partial charge is 0.492 e. The third kappa shape index (κ3) is 4.42. The van der Waals surface area contributed by atoms with E-state index in [1.165, 1.54) is 6.92 Å². The van der Waals surface area contributed by atoms with Crippen molar-refractivity contribution < 1.29 is 18.8 Å². The monoisotopic (exact) mass is 352 g/mol. The molecule has 0 saturated carbocycles. The second-order valence-electron chi connectivity index (χ2n) is 4.92. The first-order valence-electron chi connectivity index (χ1n) is 6.99. The van der Waals surface area contributed by atoms with Gasteiger partial charge in [0.15, 0.2) is 0 Å². The lowest BCUT2D eigenvalue weighted by Crippen LogP contribution is -2.28. The Hall–Kier alpha value is -2.67. The minimum Gasteiger partial charge on any atom is -0.492 e. The van der Waals surface area contributed by atoms with Gasteiger partial charge in [-0.1, -0.05) is 17.7 Å². The number of nitrogens with one attached hydrogen (secondary N) is 1. The highest BCUT2D eigenvalue weighted by atomic mass is 35.5. The number of carbonyl (C=O) groups is 1. The van der Waals surface area contributed by atoms with Gasteiger partial charge in [-0.2, -0.15) is 0 Å². The molecule has 0 fully saturated rings. The molecule has 0 unspecified atom stereocenters. The fourth-order valence-electron chi connectivity index (χ4n) is 1.98. The smallest absolute Gasteiger partial charge is 0.276 e. The zero-order valence-electron chi connectivity index (χ0n) is 12.7. The van der Waals surface area contributed by atoms with Crippen LogP contribution >= 0.6 is 11.6 Å². The summed E-state index contributed by atoms with van der Waals surface area (Å²) in [5.41, 5.74) is -0.663. The van der Waals surface area contributed by atoms with Crippen molar-refractivity contribution in [3.8, 4) is 5.75 Å². The Morgan fingerprint density at radius 2 is 2.12 bits per heavy atom. The van der Waals surface area contributed by atoms with Crippen LogP contribution < -0.4 is 10.1 Å². The van der Waals surface area contributed by atoms with Crippen molar-refractivity contribution in [2.45, 2.75) is 6.92 Å². The first kappa shape index (κ1) is 17.7. The van der Waals surface area contributed by atoms with E-state index < -0.39 is 22.3 Å². The predicted molar refractivity (Wildman–Crippen MR) is 87.1 cm³/mol. The number of ether oxygens (including phenoxy) is 1. The lowest BCUT2D eigenvalue weighted by molar-refractivity contribution is -0.385. The van der Waals surface area contributed by atoms with Crippen LogP contribution in [0, 0.1) is 22.9 Å². The number of nitro groups is 1. The summed E-state index contributed by atoms with van der Waals surface area (Å²) in [6.45, 7) is 1.60. The number of nitro benzene ring substituents is 1. The molecule has 0 radical (unpaired) electrons. The van der Waals surface area contributed by atoms with Crippen LogP contribution in [0.5, 0.6) is 5.75 Å². The second-order valence-corrected chi connectivity index (χ2v) is 5.36. The van der Waals surface area contributed by atoms with Gasteiger partial charge in [0.1, 0.15) is 18.2 Å². The van der Waals surface area contributed by atoms with Gasteiger partial charge in [0, 0.05) is 16.7 Å². The first-order chi connectivity index (χ1) is 11.4. The summed E-state index contributed by atoms with van der Waals surface area (Å²) in [6.07, 6.45) is 0. The maximum atomic E-state index is 13.7. The quantitative estimate of drug-likeness (QED) is 0.490. The summed E-state index contributed by atoms with van der Waals surface area (Å²) in [5.74, 6) is -0.870. The fraction of sp³-hybridized carbons (Fsp3) is 0.188. The first-order valence-corrected chi connectivity index (χ1v) is 7.37. The van der Waals surface area contributed by atoms with E-state index in [0.717, 1.165) is 12.1 Å². The third-order valence-electron chi connectivity index (χ3n) is 3.23. The van der Waals surface area contributed by atoms with Gasteiger partial charge in [-0.3, -0.25) is 14.9 Å². The SMILES string of the molecule is Cc1c(F)cc(C(=O)NCCOc2cccc(Cl)c2)cc1[N+](=O)[O-]. The Morgan fingerprint density at radius 3 is 2.79 bits per heavy atom. The number of hydrogen-bond acceptors (Lipinski definition) is 4. The maximum absolute atomic E-state index is 13.7. The van der Waals surface area contributed by atoms with Gasteiger partial charge in [0.25, 0.3) is 11.6 Å². The molecule has 24 heavy (non-hydrogen) atoms. The van der Waals surface area contributed by atoms with Crippen LogP contribution in [0.15, 0.2) is 36.4 Å². The molecule has 0 heterocycles. The van der Waals surface area contributed by atoms with Crippen LogP contribution in [0.2, 0.25) is 5.02 Å². The summed E-state index contributed by atoms with van der Waals surface area (Å²) < 4.78 is 19.1. The zero-order chi connectivity index (χ0) is 17.7. The molecule has 1 N–H and O–H groups in total. The Labute approximate surface area is 142 Å². The standard InChI is InChI=1S/C16H14ClFN2O4/c1-10-14(18)7-11(8-15(10)20(22)23)16(21)19-5-6-24-13-4-2-3-12(17)9-13/h2-4,7-9H,5-6H2,1H3,(H,19,21). The second kappa shape index (κ2) is 7.74. The van der Waals surface area contributed by atoms with Gasteiger partial charge < -0.3 is 10.1 Å². The summed E-state index contributed by atoms with van der Waals surface area (Å²) in [5, 5.41) is 13.9. The van der Waals surface area contributed by atoms with Crippen LogP contribution in [0.25, 0.3) is 0 Å². The van der Waals surface area contributed by atoms with E-state index in [2.05, 4.69) is 5.32 Å². The zero-order valence-corrected chi connectivity index (χ0v) is 13.5. The highest BCUT2D eigenvalue weighted by Crippen LogP contribution is 2.22. The van der Waals surface area contributed by atoms with E-state index in [0.29, 0.717) is 10.8 Å². The Morgan fingerprint density at radius 1 is 1.38 bits per heavy atom. The highest BCUT2D eigenvalue weighted by molar-refractivity contribution is 6.30. The van der Waals surface area contributed by atoms with Gasteiger partial charge in [-0.15, -0.1) is 0 Å². The summed E-state index contributed by atoms with van der Waals surface area (Å²) >= 11 is 5.82. The molecule has 0 aliphatic carbocycles. The molecular formula is C16H14ClFN2O4. The van der Waals surface area contributed by atoms with Gasteiger partial charge in [0.2, 0.25) is 0 Å². The number of amides is 1. The van der Waals surface area contributed by atoms with Crippen molar-refractivity contribution in [1.29, 1.82) is 0 Å². The molecule has 2 aromatic carbocycles. The average molecular weight is 353 g/mol. The van der Waals surface area contributed by atoms with Crippen LogP contribution in [0.3, 0.4) is 0 Å². The van der Waals surface area contributed by atoms with E-state index in [4.69, 9.17) is 16.3 Å². The minimum absolute atomic E-state index is 0.110. The molecular weight excluding hydrogens is 339 g/mol. The Kier molecular flexibility index (Phi) is 5.70. The summed E-state index contributed by atoms with van der Waals surface area (Å²) in [4.78, 5) is 22.1. The van der Waals surface area contributed by atoms with Crippen molar-refractivity contribution >= 4 is 23.2 Å². The van der Waals surface area contributed by atoms with Gasteiger partial charge in [0.05, 0.1) is 17.0 Å². The number of halogens is 2. The van der Waals surface area contributed by atoms with Crippen LogP contribution in [0.1, 0.15) is 15.9 Å². The average Bonchev–Trinajstić information content (AvgIpc) is 2.53. The molecule has 1 amide bonds. The minimum atomic E-state index is -0.801. The molecule has 8 heteroatoms. The van der Waals surface area contributed by atoms with Crippen molar-refractivity contribution in [2.24, 2.45) is 0 Å². The molecule has 0 aliphatic rings. The van der Waals surface area contributed by atoms with Crippen LogP contribution in [-0.2, 0) is 0 Å². The molecule has 126 valence electrons. The van der Waals surface area contributed by atoms with Crippen molar-refractivity contribution in [3.05, 3.63) is 68.5 Å².